The van der Waals surface area contributed by atoms with Crippen LogP contribution < -0.4 is 15.2 Å². The number of nitrogens with one attached hydrogen (secondary N) is 1. The Morgan fingerprint density at radius 2 is 2.14 bits per heavy atom. The van der Waals surface area contributed by atoms with E-state index >= 15 is 0 Å². The van der Waals surface area contributed by atoms with E-state index in [2.05, 4.69) is 10.3 Å². The number of amides is 1. The van der Waals surface area contributed by atoms with Gasteiger partial charge in [0.15, 0.2) is 5.69 Å². The molecule has 0 atom stereocenters. The third kappa shape index (κ3) is 3.04. The molecule has 1 aliphatic heterocycles. The van der Waals surface area contributed by atoms with Crippen molar-refractivity contribution in [1.82, 2.24) is 14.9 Å². The molecule has 0 bridgehead atoms. The van der Waals surface area contributed by atoms with Gasteiger partial charge < -0.3 is 10.4 Å². The molecule has 0 saturated carbocycles. The number of sulfonamides is 1. The zero-order valence-electron chi connectivity index (χ0n) is 11.7. The van der Waals surface area contributed by atoms with Crippen LogP contribution in [0.25, 0.3) is 0 Å². The first-order chi connectivity index (χ1) is 10.3. The number of aromatic hydroxyl groups is 1. The van der Waals surface area contributed by atoms with Gasteiger partial charge in [0.1, 0.15) is 0 Å². The highest BCUT2D eigenvalue weighted by atomic mass is 127. The standard InChI is InChI=1S/C11H15IN4O5S/c1-15-10(19)8(17)7(9(18)13-6-12)14-11(15)16-4-2-3-5-22(16,20)21/h17H,2-6H2,1H3,(H,13,18). The molecule has 2 rings (SSSR count). The summed E-state index contributed by atoms with van der Waals surface area (Å²) in [6, 6.07) is 0. The van der Waals surface area contributed by atoms with E-state index in [1.54, 1.807) is 0 Å². The highest BCUT2D eigenvalue weighted by Crippen LogP contribution is 2.22. The van der Waals surface area contributed by atoms with Crippen LogP contribution in [0.15, 0.2) is 4.79 Å². The van der Waals surface area contributed by atoms with Gasteiger partial charge in [0, 0.05) is 13.6 Å². The molecule has 0 spiro atoms. The largest absolute Gasteiger partial charge is 0.501 e. The maximum Gasteiger partial charge on any atom is 0.297 e. The topological polar surface area (TPSA) is 122 Å². The summed E-state index contributed by atoms with van der Waals surface area (Å²) in [5.74, 6) is -1.75. The second kappa shape index (κ2) is 6.40. The molecule has 0 radical (unpaired) electrons. The Hall–Kier alpha value is -1.37. The molecule has 22 heavy (non-hydrogen) atoms. The number of rotatable bonds is 3. The van der Waals surface area contributed by atoms with Crippen molar-refractivity contribution >= 4 is 44.5 Å². The molecule has 2 heterocycles. The molecule has 1 aliphatic rings. The first kappa shape index (κ1) is 17.0. The zero-order valence-corrected chi connectivity index (χ0v) is 14.7. The first-order valence-corrected chi connectivity index (χ1v) is 9.57. The molecule has 2 N–H and O–H groups in total. The summed E-state index contributed by atoms with van der Waals surface area (Å²) >= 11 is 1.88. The predicted octanol–water partition coefficient (Wildman–Crippen LogP) is -0.462. The van der Waals surface area contributed by atoms with E-state index in [0.717, 1.165) is 8.87 Å². The van der Waals surface area contributed by atoms with Crippen LogP contribution in [0, 0.1) is 0 Å². The van der Waals surface area contributed by atoms with Gasteiger partial charge in [-0.05, 0) is 12.8 Å². The molecule has 122 valence electrons. The van der Waals surface area contributed by atoms with E-state index in [-0.39, 0.29) is 22.8 Å². The molecule has 0 aliphatic carbocycles. The van der Waals surface area contributed by atoms with Crippen LogP contribution in [0.4, 0.5) is 5.95 Å². The summed E-state index contributed by atoms with van der Waals surface area (Å²) in [5.41, 5.74) is -1.35. The van der Waals surface area contributed by atoms with Crippen molar-refractivity contribution in [3.8, 4) is 5.75 Å². The van der Waals surface area contributed by atoms with Crippen molar-refractivity contribution in [2.75, 3.05) is 21.2 Å². The molecule has 1 fully saturated rings. The lowest BCUT2D eigenvalue weighted by atomic mass is 10.3. The number of nitrogens with zero attached hydrogens (tertiary/aromatic N) is 3. The van der Waals surface area contributed by atoms with Gasteiger partial charge >= 0.3 is 0 Å². The number of carbonyl (C=O) groups is 1. The van der Waals surface area contributed by atoms with Crippen LogP contribution in [0.3, 0.4) is 0 Å². The fraction of sp³-hybridized carbons (Fsp3) is 0.545. The normalized spacial score (nSPS) is 17.3. The van der Waals surface area contributed by atoms with Gasteiger partial charge in [-0.25, -0.2) is 17.7 Å². The first-order valence-electron chi connectivity index (χ1n) is 6.44. The summed E-state index contributed by atoms with van der Waals surface area (Å²) in [5, 5.41) is 12.2. The van der Waals surface area contributed by atoms with E-state index in [1.165, 1.54) is 7.05 Å². The van der Waals surface area contributed by atoms with E-state index in [1.807, 2.05) is 22.6 Å². The van der Waals surface area contributed by atoms with Gasteiger partial charge in [0.05, 0.1) is 10.3 Å². The van der Waals surface area contributed by atoms with Crippen LogP contribution in [0.2, 0.25) is 0 Å². The van der Waals surface area contributed by atoms with Crippen molar-refractivity contribution < 1.29 is 18.3 Å². The minimum atomic E-state index is -3.59. The molecule has 11 heteroatoms. The zero-order chi connectivity index (χ0) is 16.5. The lowest BCUT2D eigenvalue weighted by Gasteiger charge is -2.28. The fourth-order valence-corrected chi connectivity index (χ4v) is 4.07. The molecular formula is C11H15IN4O5S. The minimum absolute atomic E-state index is 0.0426. The SMILES string of the molecule is Cn1c(N2CCCCS2(=O)=O)nc(C(=O)NCI)c(O)c1=O. The molecule has 0 aromatic carbocycles. The molecular weight excluding hydrogens is 427 g/mol. The Bertz CT molecular complexity index is 760. The van der Waals surface area contributed by atoms with Crippen LogP contribution in [-0.2, 0) is 17.1 Å². The fourth-order valence-electron chi connectivity index (χ4n) is 2.12. The average Bonchev–Trinajstić information content (AvgIpc) is 2.46. The van der Waals surface area contributed by atoms with Crippen LogP contribution in [-0.4, -0.2) is 45.8 Å². The second-order valence-electron chi connectivity index (χ2n) is 4.71. The third-order valence-corrected chi connectivity index (χ3v) is 5.46. The van der Waals surface area contributed by atoms with Crippen molar-refractivity contribution in [3.05, 3.63) is 16.0 Å². The number of halogens is 1. The van der Waals surface area contributed by atoms with Gasteiger partial charge in [-0.2, -0.15) is 0 Å². The Morgan fingerprint density at radius 3 is 2.73 bits per heavy atom. The lowest BCUT2D eigenvalue weighted by Crippen LogP contribution is -2.42. The summed E-state index contributed by atoms with van der Waals surface area (Å²) in [6.45, 7) is 0.181. The lowest BCUT2D eigenvalue weighted by molar-refractivity contribution is 0.0953. The smallest absolute Gasteiger partial charge is 0.297 e. The predicted molar refractivity (Wildman–Crippen MR) is 87.9 cm³/mol. The maximum atomic E-state index is 12.1. The van der Waals surface area contributed by atoms with Crippen LogP contribution >= 0.6 is 22.6 Å². The van der Waals surface area contributed by atoms with Crippen LogP contribution in [0.5, 0.6) is 5.75 Å². The average molecular weight is 442 g/mol. The van der Waals surface area contributed by atoms with Gasteiger partial charge in [-0.1, -0.05) is 22.6 Å². The number of carbonyl (C=O) groups excluding carboxylic acids is 1. The van der Waals surface area contributed by atoms with Gasteiger partial charge in [-0.3, -0.25) is 14.2 Å². The van der Waals surface area contributed by atoms with Crippen molar-refractivity contribution in [2.24, 2.45) is 7.05 Å². The Morgan fingerprint density at radius 1 is 1.45 bits per heavy atom. The monoisotopic (exact) mass is 442 g/mol. The Labute approximate surface area is 140 Å². The highest BCUT2D eigenvalue weighted by molar-refractivity contribution is 14.1. The molecule has 1 saturated heterocycles. The van der Waals surface area contributed by atoms with E-state index < -0.39 is 32.9 Å². The molecule has 1 amide bonds. The van der Waals surface area contributed by atoms with E-state index in [9.17, 15) is 23.1 Å². The Balaban J connectivity index is 2.61. The van der Waals surface area contributed by atoms with Gasteiger partial charge in [0.2, 0.25) is 21.7 Å². The number of aromatic nitrogens is 2. The molecule has 1 aromatic rings. The maximum absolute atomic E-state index is 12.1. The van der Waals surface area contributed by atoms with Crippen molar-refractivity contribution in [2.45, 2.75) is 12.8 Å². The van der Waals surface area contributed by atoms with Crippen molar-refractivity contribution in [3.63, 3.8) is 0 Å². The van der Waals surface area contributed by atoms with Gasteiger partial charge in [0.25, 0.3) is 11.5 Å². The van der Waals surface area contributed by atoms with E-state index in [4.69, 9.17) is 0 Å². The molecule has 0 unspecified atom stereocenters. The number of hydrogen-bond donors (Lipinski definition) is 2. The molecule has 1 aromatic heterocycles. The van der Waals surface area contributed by atoms with Gasteiger partial charge in [-0.15, -0.1) is 0 Å². The highest BCUT2D eigenvalue weighted by Gasteiger charge is 2.31. The summed E-state index contributed by atoms with van der Waals surface area (Å²) in [4.78, 5) is 27.8. The second-order valence-corrected chi connectivity index (χ2v) is 7.48. The Kier molecular flexibility index (Phi) is 4.94. The third-order valence-electron chi connectivity index (χ3n) is 3.26. The van der Waals surface area contributed by atoms with E-state index in [0.29, 0.717) is 12.8 Å². The summed E-state index contributed by atoms with van der Waals surface area (Å²) in [7, 11) is -2.29. The quantitative estimate of drug-likeness (QED) is 0.371. The summed E-state index contributed by atoms with van der Waals surface area (Å²) in [6.07, 6.45) is 1.16. The number of anilines is 1. The number of alkyl halides is 1. The number of hydrogen-bond acceptors (Lipinski definition) is 6. The molecule has 9 nitrogen and oxygen atoms in total. The minimum Gasteiger partial charge on any atom is -0.501 e. The summed E-state index contributed by atoms with van der Waals surface area (Å²) < 4.78 is 26.5. The van der Waals surface area contributed by atoms with Crippen molar-refractivity contribution in [1.29, 1.82) is 0 Å². The van der Waals surface area contributed by atoms with Crippen LogP contribution in [0.1, 0.15) is 23.3 Å².